The van der Waals surface area contributed by atoms with E-state index in [2.05, 4.69) is 0 Å². The third kappa shape index (κ3) is 2.44. The Hall–Kier alpha value is -1.10. The van der Waals surface area contributed by atoms with Crippen molar-refractivity contribution in [3.05, 3.63) is 0 Å². The van der Waals surface area contributed by atoms with Crippen molar-refractivity contribution in [1.29, 1.82) is 0 Å². The van der Waals surface area contributed by atoms with E-state index in [0.717, 1.165) is 45.1 Å². The van der Waals surface area contributed by atoms with Crippen LogP contribution in [0.4, 0.5) is 4.79 Å². The fourth-order valence-corrected chi connectivity index (χ4v) is 2.62. The van der Waals surface area contributed by atoms with Crippen LogP contribution >= 0.6 is 0 Å². The number of carbonyl (C=O) groups excluding carboxylic acids is 2. The standard InChI is InChI=1S/C12H20N2O3/c15-9-4-2-1-3-7-14-11(16)10-6-5-8-13(10)12(14)17/h10,15H,1-9H2. The van der Waals surface area contributed by atoms with Gasteiger partial charge in [-0.05, 0) is 25.7 Å². The molecule has 3 amide bonds. The van der Waals surface area contributed by atoms with E-state index in [1.807, 2.05) is 0 Å². The Kier molecular flexibility index (Phi) is 3.99. The lowest BCUT2D eigenvalue weighted by molar-refractivity contribution is -0.128. The molecule has 0 aromatic heterocycles. The van der Waals surface area contributed by atoms with Crippen molar-refractivity contribution < 1.29 is 14.7 Å². The molecule has 0 aromatic carbocycles. The summed E-state index contributed by atoms with van der Waals surface area (Å²) in [5.74, 6) is -0.00495. The fourth-order valence-electron chi connectivity index (χ4n) is 2.62. The highest BCUT2D eigenvalue weighted by molar-refractivity contribution is 6.04. The number of nitrogens with zero attached hydrogens (tertiary/aromatic N) is 2. The Morgan fingerprint density at radius 2 is 1.94 bits per heavy atom. The average Bonchev–Trinajstić information content (AvgIpc) is 2.88. The smallest absolute Gasteiger partial charge is 0.327 e. The van der Waals surface area contributed by atoms with Crippen molar-refractivity contribution in [3.63, 3.8) is 0 Å². The molecule has 5 heteroatoms. The van der Waals surface area contributed by atoms with E-state index in [-0.39, 0.29) is 24.6 Å². The predicted octanol–water partition coefficient (Wildman–Crippen LogP) is 0.966. The van der Waals surface area contributed by atoms with E-state index >= 15 is 0 Å². The van der Waals surface area contributed by atoms with Crippen LogP contribution in [0.2, 0.25) is 0 Å². The van der Waals surface area contributed by atoms with Gasteiger partial charge in [0, 0.05) is 19.7 Å². The Morgan fingerprint density at radius 1 is 1.18 bits per heavy atom. The molecule has 1 unspecified atom stereocenters. The van der Waals surface area contributed by atoms with Crippen molar-refractivity contribution >= 4 is 11.9 Å². The second-order valence-corrected chi connectivity index (χ2v) is 4.76. The number of rotatable bonds is 6. The number of urea groups is 1. The van der Waals surface area contributed by atoms with Crippen LogP contribution in [0, 0.1) is 0 Å². The van der Waals surface area contributed by atoms with Gasteiger partial charge in [0.1, 0.15) is 6.04 Å². The summed E-state index contributed by atoms with van der Waals surface area (Å²) in [6.45, 7) is 1.49. The molecule has 2 fully saturated rings. The topological polar surface area (TPSA) is 60.9 Å². The minimum absolute atomic E-state index is 0.00495. The Labute approximate surface area is 101 Å². The minimum atomic E-state index is -0.167. The molecular formula is C12H20N2O3. The number of fused-ring (bicyclic) bond motifs is 1. The van der Waals surface area contributed by atoms with Gasteiger partial charge < -0.3 is 10.0 Å². The summed E-state index contributed by atoms with van der Waals surface area (Å²) in [7, 11) is 0. The van der Waals surface area contributed by atoms with Crippen molar-refractivity contribution in [2.45, 2.75) is 44.6 Å². The number of unbranched alkanes of at least 4 members (excludes halogenated alkanes) is 3. The lowest BCUT2D eigenvalue weighted by Gasteiger charge is -2.15. The SMILES string of the molecule is O=C1C2CCCN2C(=O)N1CCCCCCO. The lowest BCUT2D eigenvalue weighted by atomic mass is 10.2. The summed E-state index contributed by atoms with van der Waals surface area (Å²) in [5.41, 5.74) is 0. The summed E-state index contributed by atoms with van der Waals surface area (Å²) >= 11 is 0. The number of hydrogen-bond acceptors (Lipinski definition) is 3. The number of imide groups is 1. The van der Waals surface area contributed by atoms with Crippen LogP contribution in [0.25, 0.3) is 0 Å². The second-order valence-electron chi connectivity index (χ2n) is 4.76. The van der Waals surface area contributed by atoms with Gasteiger partial charge >= 0.3 is 6.03 Å². The molecule has 2 aliphatic rings. The molecule has 2 heterocycles. The summed E-state index contributed by atoms with van der Waals surface area (Å²) in [6.07, 6.45) is 5.34. The second kappa shape index (κ2) is 5.49. The normalized spacial score (nSPS) is 23.7. The van der Waals surface area contributed by atoms with Crippen LogP contribution in [0.15, 0.2) is 0 Å². The molecule has 1 N–H and O–H groups in total. The van der Waals surface area contributed by atoms with Crippen LogP contribution in [-0.2, 0) is 4.79 Å². The molecule has 0 radical (unpaired) electrons. The highest BCUT2D eigenvalue weighted by Crippen LogP contribution is 2.27. The van der Waals surface area contributed by atoms with E-state index in [1.54, 1.807) is 4.90 Å². The quantitative estimate of drug-likeness (QED) is 0.556. The molecule has 1 atom stereocenters. The van der Waals surface area contributed by atoms with Gasteiger partial charge in [-0.25, -0.2) is 4.79 Å². The molecule has 96 valence electrons. The number of aliphatic hydroxyl groups is 1. The first-order valence-corrected chi connectivity index (χ1v) is 6.48. The fraction of sp³-hybridized carbons (Fsp3) is 0.833. The third-order valence-corrected chi connectivity index (χ3v) is 3.57. The molecule has 0 spiro atoms. The maximum Gasteiger partial charge on any atom is 0.327 e. The van der Waals surface area contributed by atoms with Crippen LogP contribution in [0.5, 0.6) is 0 Å². The number of amides is 3. The van der Waals surface area contributed by atoms with Gasteiger partial charge in [-0.1, -0.05) is 12.8 Å². The molecule has 17 heavy (non-hydrogen) atoms. The zero-order chi connectivity index (χ0) is 12.3. The van der Waals surface area contributed by atoms with Gasteiger partial charge in [-0.3, -0.25) is 9.69 Å². The Morgan fingerprint density at radius 3 is 2.65 bits per heavy atom. The largest absolute Gasteiger partial charge is 0.396 e. The van der Waals surface area contributed by atoms with Crippen molar-refractivity contribution in [1.82, 2.24) is 9.80 Å². The highest BCUT2D eigenvalue weighted by Gasteiger charge is 2.46. The summed E-state index contributed by atoms with van der Waals surface area (Å²) in [6, 6.07) is -0.264. The van der Waals surface area contributed by atoms with Gasteiger partial charge in [-0.2, -0.15) is 0 Å². The first-order chi connectivity index (χ1) is 8.25. The summed E-state index contributed by atoms with van der Waals surface area (Å²) in [4.78, 5) is 27.0. The van der Waals surface area contributed by atoms with Crippen LogP contribution in [-0.4, -0.2) is 52.6 Å². The monoisotopic (exact) mass is 240 g/mol. The van der Waals surface area contributed by atoms with E-state index in [4.69, 9.17) is 5.11 Å². The molecule has 0 aliphatic carbocycles. The maximum atomic E-state index is 11.9. The van der Waals surface area contributed by atoms with E-state index in [9.17, 15) is 9.59 Å². The van der Waals surface area contributed by atoms with Gasteiger partial charge in [0.25, 0.3) is 5.91 Å². The van der Waals surface area contributed by atoms with Crippen molar-refractivity contribution in [3.8, 4) is 0 Å². The predicted molar refractivity (Wildman–Crippen MR) is 62.4 cm³/mol. The number of carbonyl (C=O) groups is 2. The van der Waals surface area contributed by atoms with Gasteiger partial charge in [0.2, 0.25) is 0 Å². The van der Waals surface area contributed by atoms with Crippen molar-refractivity contribution in [2.75, 3.05) is 19.7 Å². The first-order valence-electron chi connectivity index (χ1n) is 6.48. The third-order valence-electron chi connectivity index (χ3n) is 3.57. The van der Waals surface area contributed by atoms with Gasteiger partial charge in [0.05, 0.1) is 0 Å². The van der Waals surface area contributed by atoms with E-state index < -0.39 is 0 Å². The zero-order valence-electron chi connectivity index (χ0n) is 10.1. The Balaban J connectivity index is 1.77. The molecule has 5 nitrogen and oxygen atoms in total. The van der Waals surface area contributed by atoms with Crippen LogP contribution < -0.4 is 0 Å². The molecule has 0 saturated carbocycles. The first kappa shape index (κ1) is 12.4. The molecule has 0 bridgehead atoms. The molecule has 0 aromatic rings. The van der Waals surface area contributed by atoms with Crippen LogP contribution in [0.1, 0.15) is 38.5 Å². The van der Waals surface area contributed by atoms with Gasteiger partial charge in [-0.15, -0.1) is 0 Å². The molecule has 2 rings (SSSR count). The minimum Gasteiger partial charge on any atom is -0.396 e. The zero-order valence-corrected chi connectivity index (χ0v) is 10.1. The maximum absolute atomic E-state index is 11.9. The van der Waals surface area contributed by atoms with E-state index in [0.29, 0.717) is 6.54 Å². The van der Waals surface area contributed by atoms with Gasteiger partial charge in [0.15, 0.2) is 0 Å². The average molecular weight is 240 g/mol. The van der Waals surface area contributed by atoms with Crippen molar-refractivity contribution in [2.24, 2.45) is 0 Å². The lowest BCUT2D eigenvalue weighted by Crippen LogP contribution is -2.33. The van der Waals surface area contributed by atoms with Crippen LogP contribution in [0.3, 0.4) is 0 Å². The summed E-state index contributed by atoms with van der Waals surface area (Å²) in [5, 5.41) is 8.64. The highest BCUT2D eigenvalue weighted by atomic mass is 16.3. The van der Waals surface area contributed by atoms with E-state index in [1.165, 1.54) is 4.90 Å². The molecule has 2 saturated heterocycles. The summed E-state index contributed by atoms with van der Waals surface area (Å²) < 4.78 is 0. The number of aliphatic hydroxyl groups excluding tert-OH is 1. The Bertz CT molecular complexity index is 284. The molecular weight excluding hydrogens is 220 g/mol. The molecule has 2 aliphatic heterocycles. The number of hydrogen-bond donors (Lipinski definition) is 1.